The molecule has 0 saturated carbocycles. The first-order chi connectivity index (χ1) is 26.6. The molecule has 2 aromatic heterocycles. The van der Waals surface area contributed by atoms with Crippen LogP contribution >= 0.6 is 0 Å². The molecule has 0 fully saturated rings. The third-order valence-electron chi connectivity index (χ3n) is 9.81. The molecule has 0 aliphatic rings. The van der Waals surface area contributed by atoms with Gasteiger partial charge in [-0.3, -0.25) is 4.57 Å². The number of aryl methyl sites for hydroxylation is 1. The van der Waals surface area contributed by atoms with Crippen LogP contribution in [0.4, 0.5) is 5.69 Å². The molecular formula is C48H36N6. The number of anilines is 1. The van der Waals surface area contributed by atoms with Crippen LogP contribution in [0, 0.1) is 0 Å². The molecule has 0 spiro atoms. The molecule has 6 heteroatoms. The molecule has 0 aliphatic carbocycles. The van der Waals surface area contributed by atoms with E-state index in [-0.39, 0.29) is 0 Å². The minimum absolute atomic E-state index is 0.631. The van der Waals surface area contributed by atoms with E-state index in [1.165, 1.54) is 0 Å². The van der Waals surface area contributed by atoms with Crippen LogP contribution in [0.3, 0.4) is 0 Å². The van der Waals surface area contributed by atoms with Crippen molar-refractivity contribution in [2.75, 3.05) is 5.73 Å². The van der Waals surface area contributed by atoms with Gasteiger partial charge in [0.15, 0.2) is 17.5 Å². The van der Waals surface area contributed by atoms with E-state index in [1.807, 2.05) is 66.7 Å². The van der Waals surface area contributed by atoms with Crippen LogP contribution in [0.5, 0.6) is 0 Å². The van der Waals surface area contributed by atoms with Crippen molar-refractivity contribution in [3.8, 4) is 73.2 Å². The molecule has 2 N–H and O–H groups in total. The van der Waals surface area contributed by atoms with Gasteiger partial charge in [0.05, 0.1) is 11.0 Å². The van der Waals surface area contributed by atoms with E-state index in [0.717, 1.165) is 84.7 Å². The van der Waals surface area contributed by atoms with Gasteiger partial charge < -0.3 is 5.73 Å². The monoisotopic (exact) mass is 696 g/mol. The van der Waals surface area contributed by atoms with Gasteiger partial charge in [0, 0.05) is 40.0 Å². The Morgan fingerprint density at radius 3 is 1.52 bits per heavy atom. The van der Waals surface area contributed by atoms with Gasteiger partial charge in [0.2, 0.25) is 0 Å². The van der Waals surface area contributed by atoms with Gasteiger partial charge in [0.1, 0.15) is 5.82 Å². The van der Waals surface area contributed by atoms with Crippen molar-refractivity contribution in [1.82, 2.24) is 24.5 Å². The maximum atomic E-state index is 6.75. The highest BCUT2D eigenvalue weighted by atomic mass is 15.1. The first kappa shape index (κ1) is 32.7. The molecular weight excluding hydrogens is 661 g/mol. The van der Waals surface area contributed by atoms with Gasteiger partial charge in [-0.15, -0.1) is 0 Å². The third kappa shape index (κ3) is 6.31. The molecule has 0 bridgehead atoms. The zero-order valence-electron chi connectivity index (χ0n) is 29.8. The molecule has 6 nitrogen and oxygen atoms in total. The Morgan fingerprint density at radius 2 is 0.907 bits per heavy atom. The number of para-hydroxylation sites is 2. The lowest BCUT2D eigenvalue weighted by atomic mass is 9.95. The summed E-state index contributed by atoms with van der Waals surface area (Å²) >= 11 is 0. The van der Waals surface area contributed by atoms with Crippen molar-refractivity contribution < 1.29 is 0 Å². The highest BCUT2D eigenvalue weighted by Gasteiger charge is 2.14. The fourth-order valence-corrected chi connectivity index (χ4v) is 7.03. The number of fused-ring (bicyclic) bond motifs is 1. The summed E-state index contributed by atoms with van der Waals surface area (Å²) in [4.78, 5) is 19.4. The average molecular weight is 697 g/mol. The molecule has 0 atom stereocenters. The Labute approximate surface area is 314 Å². The smallest absolute Gasteiger partial charge is 0.164 e. The van der Waals surface area contributed by atoms with Crippen molar-refractivity contribution in [3.63, 3.8) is 0 Å². The second-order valence-electron chi connectivity index (χ2n) is 13.3. The second-order valence-corrected chi connectivity index (χ2v) is 13.3. The van der Waals surface area contributed by atoms with Crippen molar-refractivity contribution in [3.05, 3.63) is 182 Å². The molecule has 258 valence electrons. The Kier molecular flexibility index (Phi) is 8.54. The van der Waals surface area contributed by atoms with E-state index in [0.29, 0.717) is 17.5 Å². The quantitative estimate of drug-likeness (QED) is 0.160. The maximum absolute atomic E-state index is 6.75. The first-order valence-corrected chi connectivity index (χ1v) is 18.2. The molecule has 9 rings (SSSR count). The van der Waals surface area contributed by atoms with Crippen LogP contribution in [0.15, 0.2) is 176 Å². The topological polar surface area (TPSA) is 82.5 Å². The molecule has 0 aliphatic heterocycles. The molecule has 0 amide bonds. The Morgan fingerprint density at radius 1 is 0.426 bits per heavy atom. The number of nitrogens with two attached hydrogens (primary N) is 1. The van der Waals surface area contributed by atoms with Crippen LogP contribution in [-0.4, -0.2) is 24.5 Å². The first-order valence-electron chi connectivity index (χ1n) is 18.2. The second kappa shape index (κ2) is 14.1. The van der Waals surface area contributed by atoms with Gasteiger partial charge in [-0.25, -0.2) is 19.9 Å². The number of imidazole rings is 1. The zero-order chi connectivity index (χ0) is 36.4. The number of rotatable bonds is 8. The number of hydrogen-bond acceptors (Lipinski definition) is 5. The van der Waals surface area contributed by atoms with E-state index in [4.69, 9.17) is 25.7 Å². The van der Waals surface area contributed by atoms with Crippen molar-refractivity contribution in [2.24, 2.45) is 0 Å². The van der Waals surface area contributed by atoms with Gasteiger partial charge in [-0.1, -0.05) is 146 Å². The lowest BCUT2D eigenvalue weighted by molar-refractivity contribution is 0.908. The minimum Gasteiger partial charge on any atom is -0.398 e. The van der Waals surface area contributed by atoms with E-state index in [1.54, 1.807) is 0 Å². The molecule has 2 heterocycles. The van der Waals surface area contributed by atoms with Crippen LogP contribution in [0.25, 0.3) is 84.3 Å². The van der Waals surface area contributed by atoms with E-state index in [2.05, 4.69) is 121 Å². The molecule has 0 unspecified atom stereocenters. The van der Waals surface area contributed by atoms with Crippen molar-refractivity contribution >= 4 is 16.7 Å². The van der Waals surface area contributed by atoms with Crippen LogP contribution in [0.1, 0.15) is 12.7 Å². The maximum Gasteiger partial charge on any atom is 0.164 e. The van der Waals surface area contributed by atoms with Gasteiger partial charge >= 0.3 is 0 Å². The number of benzene rings is 7. The van der Waals surface area contributed by atoms with Gasteiger partial charge in [-0.05, 0) is 64.2 Å². The van der Waals surface area contributed by atoms with E-state index < -0.39 is 0 Å². The normalized spacial score (nSPS) is 11.2. The van der Waals surface area contributed by atoms with Crippen molar-refractivity contribution in [1.29, 1.82) is 0 Å². The predicted molar refractivity (Wildman–Crippen MR) is 221 cm³/mol. The van der Waals surface area contributed by atoms with Gasteiger partial charge in [-0.2, -0.15) is 0 Å². The SMILES string of the molecule is CCc1nc2ccccc2n1-c1ccc(-c2ccc(-c3cccc(-c4ccc(-c5nc(-c6ccccc6)nc(-c6ccccc6)n5)cc4)c3)c(N)c2)cc1. The van der Waals surface area contributed by atoms with Crippen LogP contribution in [0.2, 0.25) is 0 Å². The molecule has 7 aromatic carbocycles. The Balaban J connectivity index is 0.980. The van der Waals surface area contributed by atoms with Crippen molar-refractivity contribution in [2.45, 2.75) is 13.3 Å². The molecule has 9 aromatic rings. The molecule has 0 radical (unpaired) electrons. The summed E-state index contributed by atoms with van der Waals surface area (Å²) in [5.74, 6) is 2.97. The molecule has 0 saturated heterocycles. The highest BCUT2D eigenvalue weighted by Crippen LogP contribution is 2.34. The zero-order valence-corrected chi connectivity index (χ0v) is 29.8. The lowest BCUT2D eigenvalue weighted by Gasteiger charge is -2.12. The minimum atomic E-state index is 0.631. The highest BCUT2D eigenvalue weighted by molar-refractivity contribution is 5.84. The number of nitrogen functional groups attached to an aromatic ring is 1. The summed E-state index contributed by atoms with van der Waals surface area (Å²) in [6.07, 6.45) is 0.855. The molecule has 54 heavy (non-hydrogen) atoms. The summed E-state index contributed by atoms with van der Waals surface area (Å²) in [5.41, 5.74) is 20.0. The fourth-order valence-electron chi connectivity index (χ4n) is 7.03. The number of aromatic nitrogens is 5. The Hall–Kier alpha value is -7.18. The third-order valence-corrected chi connectivity index (χ3v) is 9.81. The largest absolute Gasteiger partial charge is 0.398 e. The van der Waals surface area contributed by atoms with E-state index in [9.17, 15) is 0 Å². The summed E-state index contributed by atoms with van der Waals surface area (Å²) < 4.78 is 2.24. The van der Waals surface area contributed by atoms with Crippen LogP contribution in [-0.2, 0) is 6.42 Å². The summed E-state index contributed by atoms with van der Waals surface area (Å²) in [6, 6.07) is 60.2. The van der Waals surface area contributed by atoms with Gasteiger partial charge in [0.25, 0.3) is 0 Å². The summed E-state index contributed by atoms with van der Waals surface area (Å²) in [6.45, 7) is 2.14. The lowest BCUT2D eigenvalue weighted by Crippen LogP contribution is -2.00. The summed E-state index contributed by atoms with van der Waals surface area (Å²) in [7, 11) is 0. The van der Waals surface area contributed by atoms with Crippen LogP contribution < -0.4 is 5.73 Å². The van der Waals surface area contributed by atoms with E-state index >= 15 is 0 Å². The average Bonchev–Trinajstić information content (AvgIpc) is 3.63. The Bertz CT molecular complexity index is 2680. The number of nitrogens with zero attached hydrogens (tertiary/aromatic N) is 5. The number of hydrogen-bond donors (Lipinski definition) is 1. The predicted octanol–water partition coefficient (Wildman–Crippen LogP) is 11.4. The summed E-state index contributed by atoms with van der Waals surface area (Å²) in [5, 5.41) is 0. The standard InChI is InChI=1S/C48H36N6/c1-2-45-50-43-18-9-10-19-44(43)54(45)40-27-24-33(25-28-40)38-26-29-41(42(49)31-38)39-17-11-16-37(30-39)32-20-22-36(23-21-32)48-52-46(34-12-5-3-6-13-34)51-47(53-48)35-14-7-4-8-15-35/h3-31H,2,49H2,1H3. The fraction of sp³-hybridized carbons (Fsp3) is 0.0417.